The average molecular weight is 267 g/mol. The number of hydrogen-bond donors (Lipinski definition) is 2. The molecule has 0 amide bonds. The van der Waals surface area contributed by atoms with Gasteiger partial charge in [-0.2, -0.15) is 0 Å². The maximum Gasteiger partial charge on any atom is 0.242 e. The van der Waals surface area contributed by atoms with Gasteiger partial charge in [0.1, 0.15) is 10.7 Å². The third-order valence-corrected chi connectivity index (χ3v) is 3.86. The van der Waals surface area contributed by atoms with E-state index in [0.29, 0.717) is 0 Å². The van der Waals surface area contributed by atoms with Crippen LogP contribution in [0.5, 0.6) is 0 Å². The van der Waals surface area contributed by atoms with Gasteiger partial charge in [0.15, 0.2) is 0 Å². The van der Waals surface area contributed by atoms with Gasteiger partial charge in [-0.3, -0.25) is 0 Å². The number of nitrogens with one attached hydrogen (secondary N) is 1. The number of hydrogen-bond acceptors (Lipinski definition) is 3. The van der Waals surface area contributed by atoms with E-state index in [1.54, 1.807) is 0 Å². The third-order valence-electron chi connectivity index (χ3n) is 1.94. The summed E-state index contributed by atoms with van der Waals surface area (Å²) in [6.07, 6.45) is 0. The standard InChI is InChI=1S/C9H12ClFN2O2S/c1-6-4-9(7(10)5-8(6)11)16(14,15)13-3-2-12/h4-5,13H,2-3,12H2,1H3. The maximum atomic E-state index is 13.1. The van der Waals surface area contributed by atoms with Gasteiger partial charge in [0.25, 0.3) is 0 Å². The monoisotopic (exact) mass is 266 g/mol. The van der Waals surface area contributed by atoms with Crippen LogP contribution in [0.3, 0.4) is 0 Å². The molecule has 0 spiro atoms. The van der Waals surface area contributed by atoms with Crippen LogP contribution in [0, 0.1) is 12.7 Å². The van der Waals surface area contributed by atoms with Crippen LogP contribution in [0.15, 0.2) is 17.0 Å². The van der Waals surface area contributed by atoms with Gasteiger partial charge >= 0.3 is 0 Å². The lowest BCUT2D eigenvalue weighted by Crippen LogP contribution is -2.29. The molecule has 0 heterocycles. The topological polar surface area (TPSA) is 72.2 Å². The summed E-state index contributed by atoms with van der Waals surface area (Å²) >= 11 is 5.67. The molecule has 1 rings (SSSR count). The molecule has 1 aromatic rings. The molecule has 0 radical (unpaired) electrons. The molecule has 0 saturated heterocycles. The van der Waals surface area contributed by atoms with Gasteiger partial charge in [0.2, 0.25) is 10.0 Å². The Morgan fingerprint density at radius 1 is 1.50 bits per heavy atom. The Morgan fingerprint density at radius 3 is 2.69 bits per heavy atom. The first-order valence-electron chi connectivity index (χ1n) is 4.54. The number of rotatable bonds is 4. The van der Waals surface area contributed by atoms with Crippen LogP contribution in [0.2, 0.25) is 5.02 Å². The zero-order valence-corrected chi connectivity index (χ0v) is 10.2. The van der Waals surface area contributed by atoms with Crippen LogP contribution in [0.4, 0.5) is 4.39 Å². The average Bonchev–Trinajstić information content (AvgIpc) is 2.20. The van der Waals surface area contributed by atoms with Crippen molar-refractivity contribution >= 4 is 21.6 Å². The lowest BCUT2D eigenvalue weighted by Gasteiger charge is -2.08. The summed E-state index contributed by atoms with van der Waals surface area (Å²) in [5, 5.41) is -0.146. The van der Waals surface area contributed by atoms with E-state index < -0.39 is 15.8 Å². The molecule has 0 aliphatic rings. The van der Waals surface area contributed by atoms with E-state index >= 15 is 0 Å². The lowest BCUT2D eigenvalue weighted by atomic mass is 10.2. The highest BCUT2D eigenvalue weighted by molar-refractivity contribution is 7.89. The second-order valence-corrected chi connectivity index (χ2v) is 5.36. The van der Waals surface area contributed by atoms with Gasteiger partial charge in [-0.15, -0.1) is 0 Å². The van der Waals surface area contributed by atoms with Gasteiger partial charge in [0, 0.05) is 13.1 Å². The molecule has 0 bridgehead atoms. The summed E-state index contributed by atoms with van der Waals surface area (Å²) in [5.41, 5.74) is 5.41. The fraction of sp³-hybridized carbons (Fsp3) is 0.333. The number of aryl methyl sites for hydroxylation is 1. The summed E-state index contributed by atoms with van der Waals surface area (Å²) in [5.74, 6) is -0.539. The quantitative estimate of drug-likeness (QED) is 0.855. The minimum Gasteiger partial charge on any atom is -0.329 e. The highest BCUT2D eigenvalue weighted by Crippen LogP contribution is 2.24. The van der Waals surface area contributed by atoms with E-state index in [1.165, 1.54) is 13.0 Å². The first-order valence-corrected chi connectivity index (χ1v) is 6.40. The summed E-state index contributed by atoms with van der Waals surface area (Å²) in [7, 11) is -3.72. The second kappa shape index (κ2) is 5.09. The van der Waals surface area contributed by atoms with Gasteiger partial charge in [-0.05, 0) is 24.6 Å². The van der Waals surface area contributed by atoms with Crippen molar-refractivity contribution in [2.24, 2.45) is 5.73 Å². The first kappa shape index (κ1) is 13.4. The third kappa shape index (κ3) is 2.91. The Hall–Kier alpha value is -0.690. The van der Waals surface area contributed by atoms with Gasteiger partial charge in [0.05, 0.1) is 5.02 Å². The second-order valence-electron chi connectivity index (χ2n) is 3.22. The van der Waals surface area contributed by atoms with Gasteiger partial charge in [-0.25, -0.2) is 17.5 Å². The van der Waals surface area contributed by atoms with Crippen LogP contribution in [0.1, 0.15) is 5.56 Å². The predicted octanol–water partition coefficient (Wildman–Crippen LogP) is 1.02. The minimum atomic E-state index is -3.72. The molecule has 7 heteroatoms. The molecule has 90 valence electrons. The van der Waals surface area contributed by atoms with E-state index in [2.05, 4.69) is 4.72 Å². The Balaban J connectivity index is 3.18. The van der Waals surface area contributed by atoms with Gasteiger partial charge in [-0.1, -0.05) is 11.6 Å². The number of nitrogens with two attached hydrogens (primary N) is 1. The summed E-state index contributed by atoms with van der Waals surface area (Å²) in [6, 6.07) is 2.17. The van der Waals surface area contributed by atoms with Crippen molar-refractivity contribution < 1.29 is 12.8 Å². The van der Waals surface area contributed by atoms with Crippen molar-refractivity contribution in [3.63, 3.8) is 0 Å². The number of sulfonamides is 1. The van der Waals surface area contributed by atoms with E-state index in [9.17, 15) is 12.8 Å². The van der Waals surface area contributed by atoms with Crippen LogP contribution in [-0.2, 0) is 10.0 Å². The van der Waals surface area contributed by atoms with Crippen molar-refractivity contribution in [2.45, 2.75) is 11.8 Å². The molecular weight excluding hydrogens is 255 g/mol. The molecule has 0 atom stereocenters. The Morgan fingerprint density at radius 2 is 2.12 bits per heavy atom. The van der Waals surface area contributed by atoms with Crippen LogP contribution in [0.25, 0.3) is 0 Å². The van der Waals surface area contributed by atoms with E-state index in [0.717, 1.165) is 6.07 Å². The molecule has 16 heavy (non-hydrogen) atoms. The Kier molecular flexibility index (Phi) is 4.26. The van der Waals surface area contributed by atoms with E-state index in [4.69, 9.17) is 17.3 Å². The highest BCUT2D eigenvalue weighted by Gasteiger charge is 2.18. The Labute approximate surface area is 98.6 Å². The molecule has 0 fully saturated rings. The molecule has 0 aromatic heterocycles. The summed E-state index contributed by atoms with van der Waals surface area (Å²) < 4.78 is 38.7. The first-order chi connectivity index (χ1) is 7.38. The van der Waals surface area contributed by atoms with Gasteiger partial charge < -0.3 is 5.73 Å². The minimum absolute atomic E-state index is 0.106. The zero-order chi connectivity index (χ0) is 12.3. The molecule has 4 nitrogen and oxygen atoms in total. The zero-order valence-electron chi connectivity index (χ0n) is 8.63. The van der Waals surface area contributed by atoms with Crippen LogP contribution in [-0.4, -0.2) is 21.5 Å². The molecular formula is C9H12ClFN2O2S. The molecule has 3 N–H and O–H groups in total. The van der Waals surface area contributed by atoms with E-state index in [1.807, 2.05) is 0 Å². The van der Waals surface area contributed by atoms with Crippen LogP contribution < -0.4 is 10.5 Å². The van der Waals surface area contributed by atoms with E-state index in [-0.39, 0.29) is 28.6 Å². The smallest absolute Gasteiger partial charge is 0.242 e. The fourth-order valence-corrected chi connectivity index (χ4v) is 2.75. The molecule has 0 aliphatic heterocycles. The SMILES string of the molecule is Cc1cc(S(=O)(=O)NCCN)c(Cl)cc1F. The number of benzene rings is 1. The molecule has 0 aliphatic carbocycles. The molecule has 1 aromatic carbocycles. The normalized spacial score (nSPS) is 11.8. The molecule has 0 unspecified atom stereocenters. The number of halogens is 2. The largest absolute Gasteiger partial charge is 0.329 e. The Bertz CT molecular complexity index is 491. The van der Waals surface area contributed by atoms with Crippen molar-refractivity contribution in [1.29, 1.82) is 0 Å². The van der Waals surface area contributed by atoms with Crippen molar-refractivity contribution in [3.05, 3.63) is 28.5 Å². The maximum absolute atomic E-state index is 13.1. The lowest BCUT2D eigenvalue weighted by molar-refractivity contribution is 0.580. The fourth-order valence-electron chi connectivity index (χ4n) is 1.11. The van der Waals surface area contributed by atoms with Crippen LogP contribution >= 0.6 is 11.6 Å². The highest BCUT2D eigenvalue weighted by atomic mass is 35.5. The van der Waals surface area contributed by atoms with Crippen molar-refractivity contribution in [2.75, 3.05) is 13.1 Å². The van der Waals surface area contributed by atoms with Crippen molar-refractivity contribution in [3.8, 4) is 0 Å². The summed E-state index contributed by atoms with van der Waals surface area (Å²) in [6.45, 7) is 1.75. The molecule has 0 saturated carbocycles. The predicted molar refractivity (Wildman–Crippen MR) is 60.4 cm³/mol. The van der Waals surface area contributed by atoms with Crippen molar-refractivity contribution in [1.82, 2.24) is 4.72 Å². The summed E-state index contributed by atoms with van der Waals surface area (Å²) in [4.78, 5) is -0.137.